The quantitative estimate of drug-likeness (QED) is 0.840. The topological polar surface area (TPSA) is 37.4 Å². The lowest BCUT2D eigenvalue weighted by atomic mass is 10.2. The van der Waals surface area contributed by atoms with E-state index in [2.05, 4.69) is 4.90 Å². The lowest BCUT2D eigenvalue weighted by molar-refractivity contribution is 0.313. The minimum absolute atomic E-state index is 0.356. The standard InChI is InChI=1S/C15H18ClNO2S/c16-14-6-5-7-15-13(14)10-12(20(15,18)19)11-17-8-3-1-2-4-9-17/h5-7,10H,1-4,8-9,11H2. The Kier molecular flexibility index (Phi) is 3.89. The first-order valence-corrected chi connectivity index (χ1v) is 8.92. The van der Waals surface area contributed by atoms with Crippen LogP contribution >= 0.6 is 11.6 Å². The molecule has 2 heterocycles. The van der Waals surface area contributed by atoms with E-state index in [1.54, 1.807) is 24.3 Å². The van der Waals surface area contributed by atoms with Gasteiger partial charge in [-0.05, 0) is 44.1 Å². The molecule has 3 nitrogen and oxygen atoms in total. The van der Waals surface area contributed by atoms with E-state index in [9.17, 15) is 8.42 Å². The van der Waals surface area contributed by atoms with Crippen LogP contribution in [0, 0.1) is 0 Å². The predicted molar refractivity (Wildman–Crippen MR) is 81.5 cm³/mol. The molecule has 1 saturated heterocycles. The second-order valence-electron chi connectivity index (χ2n) is 5.46. The molecule has 0 aliphatic carbocycles. The fourth-order valence-corrected chi connectivity index (χ4v) is 4.83. The number of rotatable bonds is 2. The maximum absolute atomic E-state index is 12.5. The highest BCUT2D eigenvalue weighted by atomic mass is 35.5. The van der Waals surface area contributed by atoms with Crippen molar-refractivity contribution >= 4 is 27.5 Å². The van der Waals surface area contributed by atoms with E-state index in [-0.39, 0.29) is 0 Å². The molecule has 0 aromatic heterocycles. The van der Waals surface area contributed by atoms with Crippen LogP contribution in [0.25, 0.3) is 6.08 Å². The average Bonchev–Trinajstić information content (AvgIpc) is 2.60. The Labute approximate surface area is 125 Å². The molecule has 0 amide bonds. The SMILES string of the molecule is O=S1(=O)C(CN2CCCCCC2)=Cc2c(Cl)cccc21. The van der Waals surface area contributed by atoms with Crippen molar-refractivity contribution in [1.29, 1.82) is 0 Å². The summed E-state index contributed by atoms with van der Waals surface area (Å²) in [6.45, 7) is 2.47. The Morgan fingerprint density at radius 1 is 1.10 bits per heavy atom. The van der Waals surface area contributed by atoms with Crippen molar-refractivity contribution in [2.24, 2.45) is 0 Å². The smallest absolute Gasteiger partial charge is 0.204 e. The van der Waals surface area contributed by atoms with Crippen LogP contribution in [0.15, 0.2) is 28.0 Å². The summed E-state index contributed by atoms with van der Waals surface area (Å²) in [7, 11) is -3.35. The summed E-state index contributed by atoms with van der Waals surface area (Å²) in [5.74, 6) is 0. The second kappa shape index (κ2) is 5.51. The molecule has 0 unspecified atom stereocenters. The average molecular weight is 312 g/mol. The predicted octanol–water partition coefficient (Wildman–Crippen LogP) is 3.34. The summed E-state index contributed by atoms with van der Waals surface area (Å²) >= 11 is 6.11. The Morgan fingerprint density at radius 3 is 2.45 bits per heavy atom. The molecular weight excluding hydrogens is 294 g/mol. The van der Waals surface area contributed by atoms with Gasteiger partial charge in [0.15, 0.2) is 0 Å². The first kappa shape index (κ1) is 14.1. The molecule has 5 heteroatoms. The number of sulfone groups is 1. The van der Waals surface area contributed by atoms with E-state index in [4.69, 9.17) is 11.6 Å². The molecule has 1 aromatic rings. The number of likely N-dealkylation sites (tertiary alicyclic amines) is 1. The molecule has 0 atom stereocenters. The van der Waals surface area contributed by atoms with Crippen molar-refractivity contribution in [3.63, 3.8) is 0 Å². The van der Waals surface area contributed by atoms with Crippen LogP contribution in [0.1, 0.15) is 31.2 Å². The molecule has 20 heavy (non-hydrogen) atoms. The Balaban J connectivity index is 1.88. The summed E-state index contributed by atoms with van der Waals surface area (Å²) in [6.07, 6.45) is 6.54. The molecule has 2 aliphatic heterocycles. The molecule has 3 rings (SSSR count). The minimum atomic E-state index is -3.35. The van der Waals surface area contributed by atoms with E-state index in [1.807, 2.05) is 0 Å². The van der Waals surface area contributed by atoms with Gasteiger partial charge in [-0.3, -0.25) is 4.90 Å². The number of halogens is 1. The van der Waals surface area contributed by atoms with Crippen LogP contribution in [0.3, 0.4) is 0 Å². The maximum Gasteiger partial charge on any atom is 0.204 e. The summed E-state index contributed by atoms with van der Waals surface area (Å²) in [6, 6.07) is 5.07. The van der Waals surface area contributed by atoms with Gasteiger partial charge in [0.25, 0.3) is 0 Å². The Hall–Kier alpha value is -0.840. The molecule has 2 aliphatic rings. The number of fused-ring (bicyclic) bond motifs is 1. The molecule has 0 bridgehead atoms. The van der Waals surface area contributed by atoms with Gasteiger partial charge in [-0.25, -0.2) is 8.42 Å². The monoisotopic (exact) mass is 311 g/mol. The van der Waals surface area contributed by atoms with Crippen molar-refractivity contribution < 1.29 is 8.42 Å². The van der Waals surface area contributed by atoms with Gasteiger partial charge in [-0.2, -0.15) is 0 Å². The van der Waals surface area contributed by atoms with E-state index in [0.29, 0.717) is 26.9 Å². The zero-order valence-electron chi connectivity index (χ0n) is 11.3. The number of nitrogens with zero attached hydrogens (tertiary/aromatic N) is 1. The Morgan fingerprint density at radius 2 is 1.80 bits per heavy atom. The van der Waals surface area contributed by atoms with Gasteiger partial charge in [-0.15, -0.1) is 0 Å². The number of hydrogen-bond donors (Lipinski definition) is 0. The van der Waals surface area contributed by atoms with E-state index < -0.39 is 9.84 Å². The highest BCUT2D eigenvalue weighted by Crippen LogP contribution is 2.37. The highest BCUT2D eigenvalue weighted by molar-refractivity contribution is 7.95. The lowest BCUT2D eigenvalue weighted by Crippen LogP contribution is -2.28. The van der Waals surface area contributed by atoms with E-state index in [0.717, 1.165) is 25.9 Å². The van der Waals surface area contributed by atoms with Gasteiger partial charge in [0.1, 0.15) is 0 Å². The summed E-state index contributed by atoms with van der Waals surface area (Å²) in [5.41, 5.74) is 0.652. The summed E-state index contributed by atoms with van der Waals surface area (Å²) < 4.78 is 25.1. The Bertz CT molecular complexity index is 644. The van der Waals surface area contributed by atoms with Gasteiger partial charge >= 0.3 is 0 Å². The van der Waals surface area contributed by atoms with Crippen molar-refractivity contribution in [1.82, 2.24) is 4.90 Å². The molecule has 0 spiro atoms. The van der Waals surface area contributed by atoms with Gasteiger partial charge < -0.3 is 0 Å². The second-order valence-corrected chi connectivity index (χ2v) is 7.83. The van der Waals surface area contributed by atoms with Crippen LogP contribution in [0.2, 0.25) is 5.02 Å². The summed E-state index contributed by atoms with van der Waals surface area (Å²) in [5, 5.41) is 0.511. The fraction of sp³-hybridized carbons (Fsp3) is 0.467. The molecule has 0 N–H and O–H groups in total. The minimum Gasteiger partial charge on any atom is -0.298 e. The maximum atomic E-state index is 12.5. The zero-order valence-corrected chi connectivity index (χ0v) is 12.9. The molecular formula is C15H18ClNO2S. The first-order chi connectivity index (χ1) is 9.59. The lowest BCUT2D eigenvalue weighted by Gasteiger charge is -2.19. The zero-order chi connectivity index (χ0) is 14.2. The van der Waals surface area contributed by atoms with Crippen molar-refractivity contribution in [2.75, 3.05) is 19.6 Å². The van der Waals surface area contributed by atoms with E-state index in [1.165, 1.54) is 12.8 Å². The largest absolute Gasteiger partial charge is 0.298 e. The van der Waals surface area contributed by atoms with E-state index >= 15 is 0 Å². The van der Waals surface area contributed by atoms with Crippen molar-refractivity contribution in [2.45, 2.75) is 30.6 Å². The van der Waals surface area contributed by atoms with Crippen LogP contribution in [-0.2, 0) is 9.84 Å². The highest BCUT2D eigenvalue weighted by Gasteiger charge is 2.31. The number of benzene rings is 1. The van der Waals surface area contributed by atoms with Crippen LogP contribution < -0.4 is 0 Å². The van der Waals surface area contributed by atoms with Gasteiger partial charge in [0, 0.05) is 17.1 Å². The summed E-state index contributed by atoms with van der Waals surface area (Å²) in [4.78, 5) is 3.09. The molecule has 1 fully saturated rings. The third-order valence-corrected chi connectivity index (χ3v) is 6.23. The van der Waals surface area contributed by atoms with Crippen molar-refractivity contribution in [3.05, 3.63) is 33.7 Å². The molecule has 0 radical (unpaired) electrons. The molecule has 108 valence electrons. The van der Waals surface area contributed by atoms with Gasteiger partial charge in [0.2, 0.25) is 9.84 Å². The van der Waals surface area contributed by atoms with Gasteiger partial charge in [0.05, 0.1) is 9.80 Å². The molecule has 1 aromatic carbocycles. The third-order valence-electron chi connectivity index (χ3n) is 4.03. The van der Waals surface area contributed by atoms with Gasteiger partial charge in [-0.1, -0.05) is 30.5 Å². The normalized spacial score (nSPS) is 22.1. The van der Waals surface area contributed by atoms with Crippen LogP contribution in [0.4, 0.5) is 0 Å². The third kappa shape index (κ3) is 2.52. The van der Waals surface area contributed by atoms with Crippen LogP contribution in [0.5, 0.6) is 0 Å². The molecule has 0 saturated carbocycles. The first-order valence-electron chi connectivity index (χ1n) is 7.05. The van der Waals surface area contributed by atoms with Crippen molar-refractivity contribution in [3.8, 4) is 0 Å². The fourth-order valence-electron chi connectivity index (χ4n) is 2.92. The number of hydrogen-bond acceptors (Lipinski definition) is 3. The van der Waals surface area contributed by atoms with Crippen LogP contribution in [-0.4, -0.2) is 33.0 Å².